The van der Waals surface area contributed by atoms with E-state index in [1.165, 1.54) is 0 Å². The van der Waals surface area contributed by atoms with Crippen LogP contribution in [0.3, 0.4) is 0 Å². The van der Waals surface area contributed by atoms with Crippen LogP contribution in [0, 0.1) is 13.8 Å². The summed E-state index contributed by atoms with van der Waals surface area (Å²) in [6.07, 6.45) is 1.57. The lowest BCUT2D eigenvalue weighted by molar-refractivity contribution is -0.123. The molecular weight excluding hydrogens is 354 g/mol. The van der Waals surface area contributed by atoms with Crippen LogP contribution in [0.5, 0.6) is 11.5 Å². The van der Waals surface area contributed by atoms with Gasteiger partial charge in [0.25, 0.3) is 11.8 Å². The fourth-order valence-electron chi connectivity index (χ4n) is 3.12. The predicted molar refractivity (Wildman–Crippen MR) is 98.2 cm³/mol. The second-order valence-electron chi connectivity index (χ2n) is 5.99. The van der Waals surface area contributed by atoms with Gasteiger partial charge in [-0.1, -0.05) is 0 Å². The number of amides is 2. The van der Waals surface area contributed by atoms with Crippen molar-refractivity contribution in [3.8, 4) is 17.2 Å². The second-order valence-corrected chi connectivity index (χ2v) is 6.40. The molecule has 26 heavy (non-hydrogen) atoms. The van der Waals surface area contributed by atoms with E-state index in [9.17, 15) is 9.59 Å². The summed E-state index contributed by atoms with van der Waals surface area (Å²) in [5, 5.41) is 4.89. The van der Waals surface area contributed by atoms with Crippen molar-refractivity contribution >= 4 is 35.2 Å². The average molecular weight is 369 g/mol. The monoisotopic (exact) mass is 369 g/mol. The van der Waals surface area contributed by atoms with Crippen molar-refractivity contribution < 1.29 is 19.1 Å². The van der Waals surface area contributed by atoms with Gasteiger partial charge in [-0.3, -0.25) is 20.2 Å². The van der Waals surface area contributed by atoms with Crippen LogP contribution >= 0.6 is 12.2 Å². The molecule has 2 aliphatic heterocycles. The Kier molecular flexibility index (Phi) is 3.77. The molecule has 2 amide bonds. The van der Waals surface area contributed by atoms with Crippen LogP contribution in [0.1, 0.15) is 17.0 Å². The van der Waals surface area contributed by atoms with Crippen LogP contribution in [0.15, 0.2) is 29.8 Å². The number of thiocarbonyl (C=S) groups is 1. The summed E-state index contributed by atoms with van der Waals surface area (Å²) >= 11 is 4.81. The van der Waals surface area contributed by atoms with Crippen molar-refractivity contribution in [3.05, 3.63) is 46.8 Å². The normalized spacial score (nSPS) is 15.8. The fraction of sp³-hybridized carbons (Fsp3) is 0.167. The molecule has 7 nitrogen and oxygen atoms in total. The van der Waals surface area contributed by atoms with Gasteiger partial charge in [-0.05, 0) is 55.9 Å². The SMILES string of the molecule is Cc1cc(C=C2C(=O)NC(=S)NC2=O)c(C)n1-c1ccc2c(c1)OCO2. The first-order valence-corrected chi connectivity index (χ1v) is 8.32. The number of aryl methyl sites for hydroxylation is 1. The highest BCUT2D eigenvalue weighted by Gasteiger charge is 2.26. The number of benzene rings is 1. The van der Waals surface area contributed by atoms with Gasteiger partial charge in [0.1, 0.15) is 5.57 Å². The maximum atomic E-state index is 12.1. The molecule has 2 aromatic rings. The van der Waals surface area contributed by atoms with Crippen LogP contribution in [0.2, 0.25) is 0 Å². The second kappa shape index (κ2) is 5.99. The van der Waals surface area contributed by atoms with Crippen LogP contribution in [0.4, 0.5) is 0 Å². The summed E-state index contributed by atoms with van der Waals surface area (Å²) in [4.78, 5) is 24.1. The number of ether oxygens (including phenoxy) is 2. The van der Waals surface area contributed by atoms with Gasteiger partial charge in [-0.25, -0.2) is 0 Å². The van der Waals surface area contributed by atoms with Gasteiger partial charge in [0.15, 0.2) is 16.6 Å². The standard InChI is InChI=1S/C18H15N3O4S/c1-9-5-11(6-13-16(22)19-18(26)20-17(13)23)10(2)21(9)12-3-4-14-15(7-12)25-8-24-14/h3-7H,8H2,1-2H3,(H2,19,20,22,23,26). The lowest BCUT2D eigenvalue weighted by Crippen LogP contribution is -2.51. The van der Waals surface area contributed by atoms with Crippen LogP contribution in [-0.4, -0.2) is 28.3 Å². The van der Waals surface area contributed by atoms with Gasteiger partial charge in [-0.2, -0.15) is 0 Å². The molecule has 8 heteroatoms. The minimum atomic E-state index is -0.508. The molecule has 3 heterocycles. The summed E-state index contributed by atoms with van der Waals surface area (Å²) in [6, 6.07) is 7.61. The maximum absolute atomic E-state index is 12.1. The Morgan fingerprint density at radius 1 is 1.08 bits per heavy atom. The largest absolute Gasteiger partial charge is 0.454 e. The summed E-state index contributed by atoms with van der Waals surface area (Å²) < 4.78 is 12.8. The van der Waals surface area contributed by atoms with E-state index in [-0.39, 0.29) is 17.5 Å². The third-order valence-corrected chi connectivity index (χ3v) is 4.53. The first-order valence-electron chi connectivity index (χ1n) is 7.91. The number of nitrogens with one attached hydrogen (secondary N) is 2. The molecule has 0 radical (unpaired) electrons. The van der Waals surface area contributed by atoms with Gasteiger partial charge < -0.3 is 14.0 Å². The number of carbonyl (C=O) groups excluding carboxylic acids is 2. The van der Waals surface area contributed by atoms with E-state index in [4.69, 9.17) is 21.7 Å². The number of rotatable bonds is 2. The van der Waals surface area contributed by atoms with Crippen LogP contribution in [-0.2, 0) is 9.59 Å². The summed E-state index contributed by atoms with van der Waals surface area (Å²) in [7, 11) is 0. The van der Waals surface area contributed by atoms with Crippen LogP contribution in [0.25, 0.3) is 11.8 Å². The zero-order chi connectivity index (χ0) is 18.4. The smallest absolute Gasteiger partial charge is 0.263 e. The molecule has 0 spiro atoms. The van der Waals surface area contributed by atoms with Gasteiger partial charge in [0.2, 0.25) is 6.79 Å². The Balaban J connectivity index is 1.76. The number of hydrogen-bond acceptors (Lipinski definition) is 5. The van der Waals surface area contributed by atoms with E-state index in [1.54, 1.807) is 6.08 Å². The number of aromatic nitrogens is 1. The Labute approximate surface area is 154 Å². The summed E-state index contributed by atoms with van der Waals surface area (Å²) in [5.41, 5.74) is 3.55. The maximum Gasteiger partial charge on any atom is 0.263 e. The Morgan fingerprint density at radius 2 is 1.77 bits per heavy atom. The van der Waals surface area contributed by atoms with Crippen LogP contribution < -0.4 is 20.1 Å². The number of fused-ring (bicyclic) bond motifs is 1. The van der Waals surface area contributed by atoms with Crippen molar-refractivity contribution in [2.45, 2.75) is 13.8 Å². The third kappa shape index (κ3) is 2.64. The highest BCUT2D eigenvalue weighted by molar-refractivity contribution is 7.80. The molecule has 1 aromatic heterocycles. The van der Waals surface area contributed by atoms with E-state index >= 15 is 0 Å². The molecule has 0 saturated carbocycles. The van der Waals surface area contributed by atoms with E-state index in [0.29, 0.717) is 11.5 Å². The average Bonchev–Trinajstić information content (AvgIpc) is 3.14. The Morgan fingerprint density at radius 3 is 2.50 bits per heavy atom. The first-order chi connectivity index (χ1) is 12.4. The Hall–Kier alpha value is -3.13. The molecule has 0 bridgehead atoms. The van der Waals surface area contributed by atoms with Gasteiger partial charge >= 0.3 is 0 Å². The van der Waals surface area contributed by atoms with Crippen molar-refractivity contribution in [1.82, 2.24) is 15.2 Å². The number of carbonyl (C=O) groups is 2. The molecule has 1 aromatic carbocycles. The van der Waals surface area contributed by atoms with Gasteiger partial charge in [-0.15, -0.1) is 0 Å². The topological polar surface area (TPSA) is 81.6 Å². The van der Waals surface area contributed by atoms with Crippen molar-refractivity contribution in [3.63, 3.8) is 0 Å². The molecular formula is C18H15N3O4S. The van der Waals surface area contributed by atoms with E-state index in [0.717, 1.165) is 22.6 Å². The highest BCUT2D eigenvalue weighted by Crippen LogP contribution is 2.35. The molecule has 1 saturated heterocycles. The molecule has 2 aliphatic rings. The molecule has 1 fully saturated rings. The molecule has 0 unspecified atom stereocenters. The van der Waals surface area contributed by atoms with Crippen molar-refractivity contribution in [2.24, 2.45) is 0 Å². The number of hydrogen-bond donors (Lipinski definition) is 2. The zero-order valence-corrected chi connectivity index (χ0v) is 14.9. The number of nitrogens with zero attached hydrogens (tertiary/aromatic N) is 1. The quantitative estimate of drug-likeness (QED) is 0.479. The predicted octanol–water partition coefficient (Wildman–Crippen LogP) is 1.74. The fourth-order valence-corrected chi connectivity index (χ4v) is 3.30. The van der Waals surface area contributed by atoms with E-state index < -0.39 is 11.8 Å². The van der Waals surface area contributed by atoms with Crippen molar-refractivity contribution in [2.75, 3.05) is 6.79 Å². The molecule has 132 valence electrons. The minimum Gasteiger partial charge on any atom is -0.454 e. The van der Waals surface area contributed by atoms with E-state index in [1.807, 2.05) is 42.7 Å². The highest BCUT2D eigenvalue weighted by atomic mass is 32.1. The van der Waals surface area contributed by atoms with Gasteiger partial charge in [0, 0.05) is 23.1 Å². The summed E-state index contributed by atoms with van der Waals surface area (Å²) in [6.45, 7) is 4.09. The van der Waals surface area contributed by atoms with E-state index in [2.05, 4.69) is 10.6 Å². The summed E-state index contributed by atoms with van der Waals surface area (Å²) in [5.74, 6) is 0.387. The molecule has 2 N–H and O–H groups in total. The minimum absolute atomic E-state index is 0.0167. The molecule has 4 rings (SSSR count). The molecule has 0 atom stereocenters. The van der Waals surface area contributed by atoms with Crippen molar-refractivity contribution in [1.29, 1.82) is 0 Å². The lowest BCUT2D eigenvalue weighted by Gasteiger charge is -2.16. The third-order valence-electron chi connectivity index (χ3n) is 4.33. The lowest BCUT2D eigenvalue weighted by atomic mass is 10.1. The van der Waals surface area contributed by atoms with Gasteiger partial charge in [0.05, 0.1) is 0 Å². The molecule has 0 aliphatic carbocycles. The first kappa shape index (κ1) is 16.3. The zero-order valence-electron chi connectivity index (χ0n) is 14.1. The Bertz CT molecular complexity index is 984.